The summed E-state index contributed by atoms with van der Waals surface area (Å²) >= 11 is 0. The first-order valence-corrected chi connectivity index (χ1v) is 6.45. The van der Waals surface area contributed by atoms with Crippen molar-refractivity contribution >= 4 is 5.91 Å². The average molecular weight is 248 g/mol. The van der Waals surface area contributed by atoms with Gasteiger partial charge in [0.2, 0.25) is 5.91 Å². The lowest BCUT2D eigenvalue weighted by atomic mass is 10.2. The number of para-hydroxylation sites is 1. The Morgan fingerprint density at radius 3 is 2.94 bits per heavy atom. The third-order valence-corrected chi connectivity index (χ3v) is 3.15. The molecule has 1 heterocycles. The summed E-state index contributed by atoms with van der Waals surface area (Å²) in [7, 11) is 0. The molecule has 0 bridgehead atoms. The number of carbonyl (C=O) groups is 1. The molecule has 1 atom stereocenters. The fourth-order valence-corrected chi connectivity index (χ4v) is 2.13. The van der Waals surface area contributed by atoms with Crippen LogP contribution in [-0.4, -0.2) is 43.1 Å². The second-order valence-corrected chi connectivity index (χ2v) is 4.55. The normalized spacial score (nSPS) is 19.6. The van der Waals surface area contributed by atoms with Crippen LogP contribution in [0.25, 0.3) is 0 Å². The first-order chi connectivity index (χ1) is 8.77. The lowest BCUT2D eigenvalue weighted by molar-refractivity contribution is -0.134. The molecule has 0 saturated carbocycles. The summed E-state index contributed by atoms with van der Waals surface area (Å²) in [6, 6.07) is 9.88. The number of hydrogen-bond acceptors (Lipinski definition) is 3. The van der Waals surface area contributed by atoms with Crippen LogP contribution in [-0.2, 0) is 4.79 Å². The van der Waals surface area contributed by atoms with Crippen molar-refractivity contribution in [3.05, 3.63) is 30.3 Å². The van der Waals surface area contributed by atoms with Crippen molar-refractivity contribution in [2.45, 2.75) is 19.4 Å². The Balaban J connectivity index is 1.74. The zero-order valence-corrected chi connectivity index (χ0v) is 10.8. The van der Waals surface area contributed by atoms with Crippen molar-refractivity contribution in [2.24, 2.45) is 0 Å². The van der Waals surface area contributed by atoms with E-state index in [4.69, 9.17) is 4.74 Å². The summed E-state index contributed by atoms with van der Waals surface area (Å²) in [4.78, 5) is 14.0. The molecule has 0 aliphatic carbocycles. The Hall–Kier alpha value is -1.55. The molecular weight excluding hydrogens is 228 g/mol. The molecule has 1 aliphatic rings. The van der Waals surface area contributed by atoms with E-state index in [-0.39, 0.29) is 11.9 Å². The smallest absolute Gasteiger partial charge is 0.226 e. The highest BCUT2D eigenvalue weighted by atomic mass is 16.5. The van der Waals surface area contributed by atoms with Gasteiger partial charge in [-0.15, -0.1) is 0 Å². The van der Waals surface area contributed by atoms with Gasteiger partial charge >= 0.3 is 0 Å². The molecule has 0 spiro atoms. The molecule has 1 aliphatic heterocycles. The van der Waals surface area contributed by atoms with Gasteiger partial charge in [0.1, 0.15) is 5.75 Å². The van der Waals surface area contributed by atoms with Crippen LogP contribution in [0.15, 0.2) is 30.3 Å². The Bertz CT molecular complexity index is 381. The quantitative estimate of drug-likeness (QED) is 0.872. The summed E-state index contributed by atoms with van der Waals surface area (Å²) < 4.78 is 5.54. The number of nitrogens with zero attached hydrogens (tertiary/aromatic N) is 1. The Labute approximate surface area is 108 Å². The maximum Gasteiger partial charge on any atom is 0.226 e. The van der Waals surface area contributed by atoms with Crippen molar-refractivity contribution < 1.29 is 9.53 Å². The zero-order chi connectivity index (χ0) is 12.8. The maximum atomic E-state index is 12.0. The van der Waals surface area contributed by atoms with Gasteiger partial charge in [0.05, 0.1) is 13.0 Å². The SMILES string of the molecule is C[C@@H]1CNCCN1C(=O)CCOc1ccccc1. The minimum Gasteiger partial charge on any atom is -0.493 e. The number of piperazine rings is 1. The fraction of sp³-hybridized carbons (Fsp3) is 0.500. The highest BCUT2D eigenvalue weighted by Crippen LogP contribution is 2.10. The monoisotopic (exact) mass is 248 g/mol. The molecule has 0 aromatic heterocycles. The minimum absolute atomic E-state index is 0.180. The highest BCUT2D eigenvalue weighted by Gasteiger charge is 2.22. The Morgan fingerprint density at radius 2 is 2.22 bits per heavy atom. The Kier molecular flexibility index (Phi) is 4.59. The van der Waals surface area contributed by atoms with Gasteiger partial charge in [-0.1, -0.05) is 18.2 Å². The molecule has 1 aromatic rings. The van der Waals surface area contributed by atoms with Crippen LogP contribution in [0, 0.1) is 0 Å². The van der Waals surface area contributed by atoms with Gasteiger partial charge in [0, 0.05) is 25.7 Å². The number of nitrogens with one attached hydrogen (secondary N) is 1. The summed E-state index contributed by atoms with van der Waals surface area (Å²) in [6.07, 6.45) is 0.444. The molecule has 1 aromatic carbocycles. The van der Waals surface area contributed by atoms with Crippen molar-refractivity contribution in [2.75, 3.05) is 26.2 Å². The lowest BCUT2D eigenvalue weighted by Crippen LogP contribution is -2.52. The number of hydrogen-bond donors (Lipinski definition) is 1. The molecule has 1 saturated heterocycles. The van der Waals surface area contributed by atoms with Gasteiger partial charge in [-0.2, -0.15) is 0 Å². The maximum absolute atomic E-state index is 12.0. The van der Waals surface area contributed by atoms with Gasteiger partial charge in [0.25, 0.3) is 0 Å². The fourth-order valence-electron chi connectivity index (χ4n) is 2.13. The molecule has 18 heavy (non-hydrogen) atoms. The molecule has 0 unspecified atom stereocenters. The molecule has 4 nitrogen and oxygen atoms in total. The van der Waals surface area contributed by atoms with Crippen LogP contribution in [0.2, 0.25) is 0 Å². The first-order valence-electron chi connectivity index (χ1n) is 6.45. The van der Waals surface area contributed by atoms with Crippen LogP contribution in [0.5, 0.6) is 5.75 Å². The van der Waals surface area contributed by atoms with Crippen molar-refractivity contribution in [3.63, 3.8) is 0 Å². The second-order valence-electron chi connectivity index (χ2n) is 4.55. The number of carbonyl (C=O) groups excluding carboxylic acids is 1. The number of ether oxygens (including phenoxy) is 1. The number of amides is 1. The van der Waals surface area contributed by atoms with E-state index < -0.39 is 0 Å². The van der Waals surface area contributed by atoms with Crippen molar-refractivity contribution in [1.82, 2.24) is 10.2 Å². The van der Waals surface area contributed by atoms with Crippen LogP contribution in [0.3, 0.4) is 0 Å². The van der Waals surface area contributed by atoms with Gasteiger partial charge < -0.3 is 15.0 Å². The third-order valence-electron chi connectivity index (χ3n) is 3.15. The topological polar surface area (TPSA) is 41.6 Å². The van der Waals surface area contributed by atoms with E-state index in [0.717, 1.165) is 25.4 Å². The van der Waals surface area contributed by atoms with Gasteiger partial charge in [-0.05, 0) is 19.1 Å². The van der Waals surface area contributed by atoms with Crippen LogP contribution >= 0.6 is 0 Å². The van der Waals surface area contributed by atoms with Crippen LogP contribution in [0.4, 0.5) is 0 Å². The summed E-state index contributed by atoms with van der Waals surface area (Å²) in [6.45, 7) is 5.08. The molecule has 0 radical (unpaired) electrons. The van der Waals surface area contributed by atoms with E-state index in [1.165, 1.54) is 0 Å². The van der Waals surface area contributed by atoms with Crippen LogP contribution in [0.1, 0.15) is 13.3 Å². The molecular formula is C14H20N2O2. The Morgan fingerprint density at radius 1 is 1.44 bits per heavy atom. The first kappa shape index (κ1) is 12.9. The average Bonchev–Trinajstić information content (AvgIpc) is 2.40. The van der Waals surface area contributed by atoms with Gasteiger partial charge in [-0.25, -0.2) is 0 Å². The molecule has 1 N–H and O–H groups in total. The van der Waals surface area contributed by atoms with E-state index in [9.17, 15) is 4.79 Å². The molecule has 1 fully saturated rings. The van der Waals surface area contributed by atoms with E-state index >= 15 is 0 Å². The molecule has 4 heteroatoms. The van der Waals surface area contributed by atoms with E-state index in [2.05, 4.69) is 12.2 Å². The largest absolute Gasteiger partial charge is 0.493 e. The molecule has 2 rings (SSSR count). The van der Waals surface area contributed by atoms with E-state index in [0.29, 0.717) is 13.0 Å². The zero-order valence-electron chi connectivity index (χ0n) is 10.8. The molecule has 98 valence electrons. The standard InChI is InChI=1S/C14H20N2O2/c1-12-11-15-8-9-16(12)14(17)7-10-18-13-5-3-2-4-6-13/h2-6,12,15H,7-11H2,1H3/t12-/m1/s1. The second kappa shape index (κ2) is 6.40. The van der Waals surface area contributed by atoms with Crippen molar-refractivity contribution in [1.29, 1.82) is 0 Å². The van der Waals surface area contributed by atoms with Crippen LogP contribution < -0.4 is 10.1 Å². The van der Waals surface area contributed by atoms with Gasteiger partial charge in [0.15, 0.2) is 0 Å². The van der Waals surface area contributed by atoms with Gasteiger partial charge in [-0.3, -0.25) is 4.79 Å². The summed E-state index contributed by atoms with van der Waals surface area (Å²) in [5.74, 6) is 0.999. The molecule has 1 amide bonds. The number of benzene rings is 1. The number of rotatable bonds is 4. The summed E-state index contributed by atoms with van der Waals surface area (Å²) in [5.41, 5.74) is 0. The van der Waals surface area contributed by atoms with E-state index in [1.807, 2.05) is 35.2 Å². The summed E-state index contributed by atoms with van der Waals surface area (Å²) in [5, 5.41) is 3.28. The lowest BCUT2D eigenvalue weighted by Gasteiger charge is -2.34. The predicted molar refractivity (Wildman–Crippen MR) is 70.6 cm³/mol. The predicted octanol–water partition coefficient (Wildman–Crippen LogP) is 1.28. The van der Waals surface area contributed by atoms with E-state index in [1.54, 1.807) is 0 Å². The third kappa shape index (κ3) is 3.47. The minimum atomic E-state index is 0.180. The van der Waals surface area contributed by atoms with Crippen molar-refractivity contribution in [3.8, 4) is 5.75 Å². The highest BCUT2D eigenvalue weighted by molar-refractivity contribution is 5.76.